The number of benzene rings is 2. The van der Waals surface area contributed by atoms with Crippen LogP contribution in [0.15, 0.2) is 42.6 Å². The summed E-state index contributed by atoms with van der Waals surface area (Å²) < 4.78 is 24.6. The van der Waals surface area contributed by atoms with Crippen molar-refractivity contribution in [3.05, 3.63) is 53.7 Å². The van der Waals surface area contributed by atoms with Gasteiger partial charge in [-0.1, -0.05) is 6.07 Å². The van der Waals surface area contributed by atoms with Crippen LogP contribution in [-0.4, -0.2) is 59.6 Å². The van der Waals surface area contributed by atoms with Crippen LogP contribution in [0.25, 0.3) is 10.9 Å². The van der Waals surface area contributed by atoms with Crippen LogP contribution < -0.4 is 25.0 Å². The molecule has 10 nitrogen and oxygen atoms in total. The molecule has 3 atom stereocenters. The first kappa shape index (κ1) is 22.8. The molecular weight excluding hydrogens is 489 g/mol. The molecule has 2 fully saturated rings. The fraction of sp³-hybridized carbons (Fsp3) is 0.333. The van der Waals surface area contributed by atoms with Crippen molar-refractivity contribution in [1.29, 1.82) is 0 Å². The van der Waals surface area contributed by atoms with Crippen LogP contribution in [0.5, 0.6) is 11.5 Å². The topological polar surface area (TPSA) is 117 Å². The van der Waals surface area contributed by atoms with Crippen molar-refractivity contribution in [1.82, 2.24) is 20.2 Å². The minimum atomic E-state index is -0.877. The number of carbonyl (C=O) groups excluding carboxylic acids is 1. The molecule has 38 heavy (non-hydrogen) atoms. The first-order chi connectivity index (χ1) is 18.5. The van der Waals surface area contributed by atoms with Gasteiger partial charge in [0.25, 0.3) is 0 Å². The average Bonchev–Trinajstić information content (AvgIpc) is 3.17. The van der Waals surface area contributed by atoms with Crippen LogP contribution in [-0.2, 0) is 10.2 Å². The van der Waals surface area contributed by atoms with Crippen LogP contribution in [0, 0.1) is 0 Å². The third-order valence-electron chi connectivity index (χ3n) is 7.92. The van der Waals surface area contributed by atoms with Crippen molar-refractivity contribution in [2.45, 2.75) is 30.3 Å². The molecule has 0 unspecified atom stereocenters. The first-order valence-corrected chi connectivity index (χ1v) is 12.5. The molecule has 4 aromatic rings. The Morgan fingerprint density at radius 1 is 1.16 bits per heavy atom. The minimum Gasteiger partial charge on any atom is -0.497 e. The first-order valence-electron chi connectivity index (χ1n) is 12.5. The molecule has 2 aromatic heterocycles. The van der Waals surface area contributed by atoms with Crippen LogP contribution >= 0.6 is 0 Å². The quantitative estimate of drug-likeness (QED) is 0.352. The molecule has 3 N–H and O–H groups in total. The lowest BCUT2D eigenvalue weighted by Crippen LogP contribution is -2.22. The number of carbonyl (C=O) groups is 1. The SMILES string of the molecule is COc1ccc2c(c1)[C@]1(C[C@H]1c1ccc3c(Nc4nc(N5CC[C@@H](F)C5)ncc4OC)n[nH]c3c1)C(=O)N2. The predicted octanol–water partition coefficient (Wildman–Crippen LogP) is 4.04. The minimum absolute atomic E-state index is 0.0292. The van der Waals surface area contributed by atoms with Gasteiger partial charge in [0.2, 0.25) is 11.9 Å². The molecule has 2 aromatic carbocycles. The summed E-state index contributed by atoms with van der Waals surface area (Å²) >= 11 is 0. The van der Waals surface area contributed by atoms with E-state index in [0.717, 1.165) is 39.9 Å². The van der Waals surface area contributed by atoms with Gasteiger partial charge in [0.1, 0.15) is 11.9 Å². The number of amides is 1. The molecule has 1 saturated carbocycles. The number of methoxy groups -OCH3 is 2. The van der Waals surface area contributed by atoms with Crippen molar-refractivity contribution in [2.24, 2.45) is 0 Å². The van der Waals surface area contributed by atoms with Crippen molar-refractivity contribution >= 4 is 40.1 Å². The van der Waals surface area contributed by atoms with Gasteiger partial charge in [-0.25, -0.2) is 9.37 Å². The van der Waals surface area contributed by atoms with E-state index in [4.69, 9.17) is 9.47 Å². The second-order valence-corrected chi connectivity index (χ2v) is 10.0. The molecule has 11 heteroatoms. The summed E-state index contributed by atoms with van der Waals surface area (Å²) in [6.07, 6.45) is 1.90. The Hall–Kier alpha value is -4.41. The van der Waals surface area contributed by atoms with Crippen molar-refractivity contribution in [2.75, 3.05) is 42.8 Å². The second kappa shape index (κ2) is 8.30. The van der Waals surface area contributed by atoms with E-state index in [9.17, 15) is 9.18 Å². The van der Waals surface area contributed by atoms with Crippen LogP contribution in [0.3, 0.4) is 0 Å². The molecule has 4 heterocycles. The number of hydrogen-bond acceptors (Lipinski definition) is 8. The van der Waals surface area contributed by atoms with Crippen LogP contribution in [0.1, 0.15) is 29.9 Å². The number of ether oxygens (including phenoxy) is 2. The Bertz CT molecular complexity index is 1590. The number of aromatic amines is 1. The van der Waals surface area contributed by atoms with Gasteiger partial charge in [-0.3, -0.25) is 9.89 Å². The van der Waals surface area contributed by atoms with Gasteiger partial charge in [0.05, 0.1) is 37.9 Å². The van der Waals surface area contributed by atoms with Gasteiger partial charge in [0, 0.05) is 23.5 Å². The van der Waals surface area contributed by atoms with E-state index in [1.165, 1.54) is 0 Å². The Kier molecular flexibility index (Phi) is 4.97. The number of hydrogen-bond donors (Lipinski definition) is 3. The number of aromatic nitrogens is 4. The summed E-state index contributed by atoms with van der Waals surface area (Å²) in [5.41, 5.74) is 3.17. The fourth-order valence-corrected chi connectivity index (χ4v) is 5.81. The lowest BCUT2D eigenvalue weighted by molar-refractivity contribution is -0.118. The van der Waals surface area contributed by atoms with Gasteiger partial charge >= 0.3 is 0 Å². The van der Waals surface area contributed by atoms with E-state index in [2.05, 4.69) is 30.8 Å². The van der Waals surface area contributed by atoms with Gasteiger partial charge in [-0.2, -0.15) is 10.1 Å². The van der Waals surface area contributed by atoms with E-state index in [-0.39, 0.29) is 18.4 Å². The molecule has 7 rings (SSSR count). The zero-order valence-corrected chi connectivity index (χ0v) is 20.9. The standard InChI is InChI=1S/C27H26FN7O3/c1-37-16-4-6-20-18(10-16)27(25(36)30-20)11-19(27)14-3-5-17-21(9-14)33-34-23(17)31-24-22(38-2)12-29-26(32-24)35-8-7-15(28)13-35/h3-6,9-10,12,15,19H,7-8,11,13H2,1-2H3,(H,30,36)(H2,29,31,32,33,34)/t15-,19+,27+/m1/s1. The summed E-state index contributed by atoms with van der Waals surface area (Å²) in [5, 5.41) is 14.7. The molecule has 194 valence electrons. The molecule has 1 spiro atoms. The summed E-state index contributed by atoms with van der Waals surface area (Å²) in [5.74, 6) is 2.76. The fourth-order valence-electron chi connectivity index (χ4n) is 5.81. The monoisotopic (exact) mass is 515 g/mol. The summed E-state index contributed by atoms with van der Waals surface area (Å²) in [4.78, 5) is 23.8. The third-order valence-corrected chi connectivity index (χ3v) is 7.92. The Balaban J connectivity index is 1.17. The number of halogens is 1. The number of alkyl halides is 1. The smallest absolute Gasteiger partial charge is 0.235 e. The van der Waals surface area contributed by atoms with Gasteiger partial charge in [-0.15, -0.1) is 0 Å². The number of fused-ring (bicyclic) bond motifs is 3. The molecule has 2 aliphatic heterocycles. The van der Waals surface area contributed by atoms with E-state index in [1.807, 2.05) is 41.3 Å². The lowest BCUT2D eigenvalue weighted by atomic mass is 9.91. The van der Waals surface area contributed by atoms with Crippen LogP contribution in [0.2, 0.25) is 0 Å². The maximum absolute atomic E-state index is 13.7. The maximum atomic E-state index is 13.7. The van der Waals surface area contributed by atoms with E-state index in [1.54, 1.807) is 20.4 Å². The number of nitrogens with one attached hydrogen (secondary N) is 3. The van der Waals surface area contributed by atoms with Crippen molar-refractivity contribution in [3.8, 4) is 11.5 Å². The normalized spacial score (nSPS) is 23.6. The van der Waals surface area contributed by atoms with E-state index < -0.39 is 11.6 Å². The highest BCUT2D eigenvalue weighted by Crippen LogP contribution is 2.65. The Morgan fingerprint density at radius 3 is 2.84 bits per heavy atom. The molecule has 0 radical (unpaired) electrons. The second-order valence-electron chi connectivity index (χ2n) is 10.0. The maximum Gasteiger partial charge on any atom is 0.235 e. The van der Waals surface area contributed by atoms with Gasteiger partial charge in [0.15, 0.2) is 17.4 Å². The van der Waals surface area contributed by atoms with Crippen molar-refractivity contribution < 1.29 is 18.7 Å². The Morgan fingerprint density at radius 2 is 2.05 bits per heavy atom. The predicted molar refractivity (Wildman–Crippen MR) is 140 cm³/mol. The molecule has 3 aliphatic rings. The van der Waals surface area contributed by atoms with E-state index >= 15 is 0 Å². The number of rotatable bonds is 6. The molecule has 1 amide bonds. The zero-order valence-electron chi connectivity index (χ0n) is 20.9. The number of anilines is 4. The van der Waals surface area contributed by atoms with E-state index in [0.29, 0.717) is 36.3 Å². The molecule has 1 saturated heterocycles. The number of nitrogens with zero attached hydrogens (tertiary/aromatic N) is 4. The largest absolute Gasteiger partial charge is 0.497 e. The highest BCUT2D eigenvalue weighted by Gasteiger charge is 2.65. The summed E-state index contributed by atoms with van der Waals surface area (Å²) in [6, 6.07) is 11.8. The summed E-state index contributed by atoms with van der Waals surface area (Å²) in [7, 11) is 3.18. The molecule has 1 aliphatic carbocycles. The average molecular weight is 516 g/mol. The highest BCUT2D eigenvalue weighted by atomic mass is 19.1. The summed E-state index contributed by atoms with van der Waals surface area (Å²) in [6.45, 7) is 0.844. The van der Waals surface area contributed by atoms with Crippen molar-refractivity contribution in [3.63, 3.8) is 0 Å². The molecule has 0 bridgehead atoms. The van der Waals surface area contributed by atoms with Crippen LogP contribution in [0.4, 0.5) is 27.7 Å². The Labute approximate surface area is 217 Å². The lowest BCUT2D eigenvalue weighted by Gasteiger charge is -2.17. The molecular formula is C27H26FN7O3. The van der Waals surface area contributed by atoms with Gasteiger partial charge < -0.3 is 25.0 Å². The van der Waals surface area contributed by atoms with Gasteiger partial charge in [-0.05, 0) is 54.3 Å². The highest BCUT2D eigenvalue weighted by molar-refractivity contribution is 6.10. The zero-order chi connectivity index (χ0) is 26.0. The number of H-pyrrole nitrogens is 1. The third kappa shape index (κ3) is 3.37.